The van der Waals surface area contributed by atoms with Crippen molar-refractivity contribution in [3.63, 3.8) is 0 Å². The molecule has 2 aliphatic heterocycles. The molecule has 7 aromatic rings. The van der Waals surface area contributed by atoms with Gasteiger partial charge in [0, 0.05) is 31.0 Å². The highest BCUT2D eigenvalue weighted by molar-refractivity contribution is 5.92. The molecule has 3 aromatic carbocycles. The zero-order valence-electron chi connectivity index (χ0n) is 33.2. The van der Waals surface area contributed by atoms with E-state index in [4.69, 9.17) is 14.4 Å². The van der Waals surface area contributed by atoms with E-state index in [9.17, 15) is 9.59 Å². The molecule has 2 aliphatic rings. The van der Waals surface area contributed by atoms with E-state index in [1.807, 2.05) is 49.8 Å². The van der Waals surface area contributed by atoms with Crippen LogP contribution in [0.15, 0.2) is 90.1 Å². The molecule has 0 bridgehead atoms. The minimum absolute atomic E-state index is 0.0199. The van der Waals surface area contributed by atoms with Gasteiger partial charge in [-0.25, -0.2) is 19.9 Å². The molecule has 0 aliphatic carbocycles. The van der Waals surface area contributed by atoms with E-state index in [0.29, 0.717) is 25.1 Å². The van der Waals surface area contributed by atoms with Gasteiger partial charge in [0.2, 0.25) is 17.8 Å². The van der Waals surface area contributed by atoms with Gasteiger partial charge in [0.05, 0.1) is 41.2 Å². The highest BCUT2D eigenvalue weighted by Gasteiger charge is 2.38. The number of carbonyl (C=O) groups excluding carboxylic acids is 2. The van der Waals surface area contributed by atoms with Crippen molar-refractivity contribution in [2.24, 2.45) is 11.8 Å². The third-order valence-corrected chi connectivity index (χ3v) is 11.7. The van der Waals surface area contributed by atoms with Crippen molar-refractivity contribution in [3.05, 3.63) is 97.3 Å². The van der Waals surface area contributed by atoms with Crippen molar-refractivity contribution >= 4 is 45.6 Å². The number of benzene rings is 3. The van der Waals surface area contributed by atoms with Crippen molar-refractivity contribution in [1.82, 2.24) is 44.7 Å². The maximum Gasteiger partial charge on any atom is 0.295 e. The first-order valence-electron chi connectivity index (χ1n) is 20.3. The molecule has 298 valence electrons. The highest BCUT2D eigenvalue weighted by atomic mass is 16.4. The predicted octanol–water partition coefficient (Wildman–Crippen LogP) is 8.08. The number of hydrogen-bond acceptors (Lipinski definition) is 9. The van der Waals surface area contributed by atoms with Gasteiger partial charge in [-0.2, -0.15) is 0 Å². The van der Waals surface area contributed by atoms with Crippen LogP contribution in [0.1, 0.15) is 77.1 Å². The Morgan fingerprint density at radius 3 is 2.07 bits per heavy atom. The summed E-state index contributed by atoms with van der Waals surface area (Å²) < 4.78 is 5.39. The van der Waals surface area contributed by atoms with Crippen LogP contribution in [0.2, 0.25) is 0 Å². The Morgan fingerprint density at radius 2 is 1.40 bits per heavy atom. The van der Waals surface area contributed by atoms with Crippen LogP contribution in [0.25, 0.3) is 44.2 Å². The van der Waals surface area contributed by atoms with Gasteiger partial charge in [-0.3, -0.25) is 9.59 Å². The van der Waals surface area contributed by atoms with Crippen LogP contribution in [0.3, 0.4) is 0 Å². The van der Waals surface area contributed by atoms with E-state index in [1.54, 1.807) is 18.6 Å². The molecule has 5 N–H and O–H groups in total. The normalized spacial score (nSPS) is 18.2. The van der Waals surface area contributed by atoms with Gasteiger partial charge >= 0.3 is 0 Å². The number of aromatic nitrogens is 7. The SMILES string of the molecule is CC(C)[C@H](Nc1ncc[nH]1)C(=O)N1CCC[C@H]1c1ncc(-c2ccc3cc(-c4ccc5nc([C@@H]6CCCN6C(=O)[C@@H](Nc6ncco6)C(C)C)[nH]c5c4)ccc3c2)[nH]1. The number of likely N-dealkylation sites (tertiary alicyclic amines) is 2. The second kappa shape index (κ2) is 15.5. The average Bonchev–Trinajstić information content (AvgIpc) is 4.08. The van der Waals surface area contributed by atoms with Crippen molar-refractivity contribution in [2.75, 3.05) is 23.7 Å². The summed E-state index contributed by atoms with van der Waals surface area (Å²) in [4.78, 5) is 60.0. The van der Waals surface area contributed by atoms with Crippen LogP contribution in [-0.2, 0) is 9.59 Å². The van der Waals surface area contributed by atoms with Crippen molar-refractivity contribution < 1.29 is 14.0 Å². The number of hydrogen-bond donors (Lipinski definition) is 5. The third kappa shape index (κ3) is 7.18. The number of nitrogens with one attached hydrogen (secondary N) is 5. The van der Waals surface area contributed by atoms with Crippen molar-refractivity contribution in [1.29, 1.82) is 0 Å². The molecule has 9 rings (SSSR count). The Morgan fingerprint density at radius 1 is 0.741 bits per heavy atom. The highest BCUT2D eigenvalue weighted by Crippen LogP contribution is 2.36. The molecule has 58 heavy (non-hydrogen) atoms. The van der Waals surface area contributed by atoms with Gasteiger partial charge in [-0.15, -0.1) is 0 Å². The van der Waals surface area contributed by atoms with E-state index in [0.717, 1.165) is 81.5 Å². The van der Waals surface area contributed by atoms with E-state index in [-0.39, 0.29) is 35.7 Å². The lowest BCUT2D eigenvalue weighted by Gasteiger charge is -2.30. The van der Waals surface area contributed by atoms with Crippen LogP contribution in [0, 0.1) is 11.8 Å². The molecular formula is C44H49N11O3. The molecule has 0 spiro atoms. The summed E-state index contributed by atoms with van der Waals surface area (Å²) in [5, 5.41) is 8.73. The number of anilines is 2. The van der Waals surface area contributed by atoms with E-state index < -0.39 is 12.1 Å². The Hall–Kier alpha value is -6.44. The van der Waals surface area contributed by atoms with Gasteiger partial charge in [0.1, 0.15) is 30.0 Å². The number of rotatable bonds is 12. The standard InChI is InChI=1S/C44H49N11O3/c1-25(2)37(52-43-45-15-16-46-43)41(56)54-18-5-7-35(54)39-48-24-34(51-39)31-12-11-27-21-28(9-10-29(27)22-31)30-13-14-32-33(23-30)50-40(49-32)36-8-6-19-55(36)42(57)38(26(3)4)53-44-47-17-20-58-44/h9-17,20-26,35-38H,5-8,18-19H2,1-4H3,(H,47,53)(H,48,51)(H,49,50)(H2,45,46,52)/t35-,36-,37-,38-/m0/s1. The fourth-order valence-corrected chi connectivity index (χ4v) is 8.55. The molecule has 4 atom stereocenters. The predicted molar refractivity (Wildman–Crippen MR) is 224 cm³/mol. The molecule has 6 heterocycles. The Labute approximate surface area is 336 Å². The molecule has 4 aromatic heterocycles. The lowest BCUT2D eigenvalue weighted by molar-refractivity contribution is -0.134. The third-order valence-electron chi connectivity index (χ3n) is 11.7. The summed E-state index contributed by atoms with van der Waals surface area (Å²) in [7, 11) is 0. The maximum atomic E-state index is 13.9. The Bertz CT molecular complexity index is 2540. The number of fused-ring (bicyclic) bond motifs is 2. The van der Waals surface area contributed by atoms with Crippen LogP contribution in [0.4, 0.5) is 12.0 Å². The second-order valence-electron chi connectivity index (χ2n) is 16.2. The van der Waals surface area contributed by atoms with Crippen LogP contribution in [0.5, 0.6) is 0 Å². The minimum atomic E-state index is -0.462. The summed E-state index contributed by atoms with van der Waals surface area (Å²) in [6, 6.07) is 18.5. The second-order valence-corrected chi connectivity index (χ2v) is 16.2. The summed E-state index contributed by atoms with van der Waals surface area (Å²) >= 11 is 0. The van der Waals surface area contributed by atoms with Gasteiger partial charge < -0.3 is 39.8 Å². The fraction of sp³-hybridized carbons (Fsp3) is 0.364. The number of amides is 2. The van der Waals surface area contributed by atoms with Gasteiger partial charge in [0.25, 0.3) is 6.01 Å². The summed E-state index contributed by atoms with van der Waals surface area (Å²) in [6.07, 6.45) is 11.9. The Kier molecular flexibility index (Phi) is 9.92. The quantitative estimate of drug-likeness (QED) is 0.0821. The number of imidazole rings is 3. The summed E-state index contributed by atoms with van der Waals surface area (Å²) in [5.74, 6) is 2.40. The molecule has 14 heteroatoms. The molecule has 0 radical (unpaired) electrons. The summed E-state index contributed by atoms with van der Waals surface area (Å²) in [6.45, 7) is 9.50. The van der Waals surface area contributed by atoms with Gasteiger partial charge in [-0.1, -0.05) is 58.0 Å². The van der Waals surface area contributed by atoms with Gasteiger partial charge in [0.15, 0.2) is 0 Å². The fourth-order valence-electron chi connectivity index (χ4n) is 8.55. The molecule has 2 saturated heterocycles. The molecular weight excluding hydrogens is 731 g/mol. The molecule has 2 fully saturated rings. The molecule has 0 saturated carbocycles. The first-order chi connectivity index (χ1) is 28.2. The maximum absolute atomic E-state index is 13.9. The van der Waals surface area contributed by atoms with Crippen LogP contribution in [-0.4, -0.2) is 81.7 Å². The Balaban J connectivity index is 0.905. The zero-order valence-corrected chi connectivity index (χ0v) is 33.2. The number of oxazole rings is 1. The monoisotopic (exact) mass is 779 g/mol. The van der Waals surface area contributed by atoms with E-state index in [1.165, 1.54) is 6.26 Å². The van der Waals surface area contributed by atoms with Gasteiger partial charge in [-0.05, 0) is 83.7 Å². The zero-order chi connectivity index (χ0) is 39.9. The molecule has 14 nitrogen and oxygen atoms in total. The van der Waals surface area contributed by atoms with E-state index in [2.05, 4.69) is 84.1 Å². The van der Waals surface area contributed by atoms with Crippen molar-refractivity contribution in [3.8, 4) is 22.4 Å². The van der Waals surface area contributed by atoms with Crippen LogP contribution >= 0.6 is 0 Å². The number of nitrogens with zero attached hydrogens (tertiary/aromatic N) is 6. The lowest BCUT2D eigenvalue weighted by Crippen LogP contribution is -2.45. The number of carbonyl (C=O) groups is 2. The van der Waals surface area contributed by atoms with E-state index >= 15 is 0 Å². The average molecular weight is 780 g/mol. The molecule has 0 unspecified atom stereocenters. The van der Waals surface area contributed by atoms with Crippen molar-refractivity contribution in [2.45, 2.75) is 77.5 Å². The summed E-state index contributed by atoms with van der Waals surface area (Å²) in [5.41, 5.74) is 5.94. The first kappa shape index (κ1) is 37.2. The smallest absolute Gasteiger partial charge is 0.295 e. The number of aromatic amines is 3. The number of H-pyrrole nitrogens is 3. The largest absolute Gasteiger partial charge is 0.432 e. The lowest BCUT2D eigenvalue weighted by atomic mass is 9.99. The minimum Gasteiger partial charge on any atom is -0.432 e. The molecule has 2 amide bonds. The first-order valence-corrected chi connectivity index (χ1v) is 20.3. The topological polar surface area (TPSA) is 177 Å². The van der Waals surface area contributed by atoms with Crippen LogP contribution < -0.4 is 10.6 Å².